The lowest BCUT2D eigenvalue weighted by Crippen LogP contribution is -2.19. The van der Waals surface area contributed by atoms with Crippen molar-refractivity contribution in [2.24, 2.45) is 10.8 Å². The van der Waals surface area contributed by atoms with E-state index in [2.05, 4.69) is 60.5 Å². The van der Waals surface area contributed by atoms with Crippen LogP contribution in [0.2, 0.25) is 0 Å². The van der Waals surface area contributed by atoms with Crippen molar-refractivity contribution >= 4 is 11.4 Å². The molecule has 1 heterocycles. The number of para-hydroxylation sites is 1. The molecular formula is C17H19N3. The number of rotatable bonds is 3. The van der Waals surface area contributed by atoms with Crippen molar-refractivity contribution in [3.05, 3.63) is 65.7 Å². The van der Waals surface area contributed by atoms with Crippen LogP contribution in [0, 0.1) is 6.92 Å². The summed E-state index contributed by atoms with van der Waals surface area (Å²) in [6.07, 6.45) is 0.898. The van der Waals surface area contributed by atoms with E-state index in [9.17, 15) is 0 Å². The number of hydrogen-bond acceptors (Lipinski definition) is 3. The first-order valence-corrected chi connectivity index (χ1v) is 6.96. The molecule has 102 valence electrons. The molecule has 1 aliphatic rings. The standard InChI is InChI=1S/C17H19N3/c1-13-7-5-6-10-16(13)20-17(11-15(12-18)19-20)14-8-3-2-4-9-14/h2-10,17H,11-12,18H2,1H3. The summed E-state index contributed by atoms with van der Waals surface area (Å²) in [5.74, 6) is 0. The van der Waals surface area contributed by atoms with Crippen LogP contribution in [0.15, 0.2) is 59.7 Å². The second kappa shape index (κ2) is 5.47. The molecule has 2 aromatic rings. The molecule has 0 saturated carbocycles. The van der Waals surface area contributed by atoms with Gasteiger partial charge in [-0.3, -0.25) is 5.01 Å². The molecule has 1 atom stereocenters. The van der Waals surface area contributed by atoms with Crippen molar-refractivity contribution in [3.63, 3.8) is 0 Å². The molecule has 0 aromatic heterocycles. The molecule has 0 aliphatic carbocycles. The Labute approximate surface area is 119 Å². The summed E-state index contributed by atoms with van der Waals surface area (Å²) in [7, 11) is 0. The molecule has 3 nitrogen and oxygen atoms in total. The number of aryl methyl sites for hydroxylation is 1. The van der Waals surface area contributed by atoms with Crippen LogP contribution in [0.25, 0.3) is 0 Å². The fourth-order valence-electron chi connectivity index (χ4n) is 2.67. The van der Waals surface area contributed by atoms with Crippen molar-refractivity contribution < 1.29 is 0 Å². The molecule has 0 fully saturated rings. The van der Waals surface area contributed by atoms with Gasteiger partial charge in [-0.15, -0.1) is 0 Å². The fourth-order valence-corrected chi connectivity index (χ4v) is 2.67. The van der Waals surface area contributed by atoms with E-state index in [0.717, 1.165) is 17.8 Å². The van der Waals surface area contributed by atoms with Gasteiger partial charge in [0.2, 0.25) is 0 Å². The number of nitrogens with zero attached hydrogens (tertiary/aromatic N) is 2. The van der Waals surface area contributed by atoms with Gasteiger partial charge in [0.15, 0.2) is 0 Å². The van der Waals surface area contributed by atoms with Crippen LogP contribution in [-0.2, 0) is 0 Å². The number of anilines is 1. The molecule has 1 aliphatic heterocycles. The normalized spacial score (nSPS) is 18.2. The first-order valence-electron chi connectivity index (χ1n) is 6.96. The zero-order valence-electron chi connectivity index (χ0n) is 11.7. The van der Waals surface area contributed by atoms with Gasteiger partial charge in [0.25, 0.3) is 0 Å². The van der Waals surface area contributed by atoms with E-state index in [1.165, 1.54) is 11.1 Å². The van der Waals surface area contributed by atoms with Gasteiger partial charge in [-0.1, -0.05) is 48.5 Å². The Kier molecular flexibility index (Phi) is 3.52. The summed E-state index contributed by atoms with van der Waals surface area (Å²) >= 11 is 0. The summed E-state index contributed by atoms with van der Waals surface area (Å²) in [5, 5.41) is 6.84. The highest BCUT2D eigenvalue weighted by Gasteiger charge is 2.28. The Hall–Kier alpha value is -2.13. The van der Waals surface area contributed by atoms with Gasteiger partial charge in [-0.25, -0.2) is 0 Å². The van der Waals surface area contributed by atoms with Crippen LogP contribution in [-0.4, -0.2) is 12.3 Å². The van der Waals surface area contributed by atoms with Gasteiger partial charge in [-0.2, -0.15) is 5.10 Å². The molecule has 2 N–H and O–H groups in total. The molecule has 3 heteroatoms. The summed E-state index contributed by atoms with van der Waals surface area (Å²) in [4.78, 5) is 0. The molecule has 1 unspecified atom stereocenters. The second-order valence-corrected chi connectivity index (χ2v) is 5.13. The van der Waals surface area contributed by atoms with E-state index >= 15 is 0 Å². The van der Waals surface area contributed by atoms with Crippen LogP contribution >= 0.6 is 0 Å². The molecule has 0 saturated heterocycles. The Morgan fingerprint density at radius 3 is 2.50 bits per heavy atom. The molecule has 2 aromatic carbocycles. The van der Waals surface area contributed by atoms with Gasteiger partial charge < -0.3 is 5.73 Å². The first-order chi connectivity index (χ1) is 9.79. The van der Waals surface area contributed by atoms with Crippen LogP contribution in [0.1, 0.15) is 23.6 Å². The number of nitrogens with two attached hydrogens (primary N) is 1. The zero-order valence-corrected chi connectivity index (χ0v) is 11.7. The topological polar surface area (TPSA) is 41.6 Å². The van der Waals surface area contributed by atoms with Crippen molar-refractivity contribution in [2.75, 3.05) is 11.6 Å². The highest BCUT2D eigenvalue weighted by molar-refractivity contribution is 5.90. The van der Waals surface area contributed by atoms with Gasteiger partial charge in [0, 0.05) is 13.0 Å². The van der Waals surface area contributed by atoms with Crippen LogP contribution in [0.4, 0.5) is 5.69 Å². The third kappa shape index (κ3) is 2.32. The quantitative estimate of drug-likeness (QED) is 0.925. The molecule has 3 rings (SSSR count). The Morgan fingerprint density at radius 1 is 1.10 bits per heavy atom. The summed E-state index contributed by atoms with van der Waals surface area (Å²) in [6, 6.07) is 19.1. The Bertz CT molecular complexity index is 619. The molecular weight excluding hydrogens is 246 g/mol. The second-order valence-electron chi connectivity index (χ2n) is 5.13. The lowest BCUT2D eigenvalue weighted by atomic mass is 10.0. The van der Waals surface area contributed by atoms with E-state index in [1.54, 1.807) is 0 Å². The van der Waals surface area contributed by atoms with Gasteiger partial charge in [0.05, 0.1) is 17.4 Å². The van der Waals surface area contributed by atoms with Crippen molar-refractivity contribution in [2.45, 2.75) is 19.4 Å². The van der Waals surface area contributed by atoms with E-state index in [4.69, 9.17) is 10.8 Å². The first kappa shape index (κ1) is 12.9. The number of benzene rings is 2. The minimum absolute atomic E-state index is 0.246. The van der Waals surface area contributed by atoms with Crippen LogP contribution < -0.4 is 10.7 Å². The van der Waals surface area contributed by atoms with Crippen molar-refractivity contribution in [1.29, 1.82) is 0 Å². The fraction of sp³-hybridized carbons (Fsp3) is 0.235. The van der Waals surface area contributed by atoms with E-state index in [1.807, 2.05) is 6.07 Å². The minimum Gasteiger partial charge on any atom is -0.325 e. The SMILES string of the molecule is Cc1ccccc1N1N=C(CN)CC1c1ccccc1. The zero-order chi connectivity index (χ0) is 13.9. The summed E-state index contributed by atoms with van der Waals surface area (Å²) in [6.45, 7) is 2.64. The average molecular weight is 265 g/mol. The maximum atomic E-state index is 5.80. The minimum atomic E-state index is 0.246. The number of hydrogen-bond donors (Lipinski definition) is 1. The Balaban J connectivity index is 2.01. The van der Waals surface area contributed by atoms with Crippen LogP contribution in [0.3, 0.4) is 0 Å². The lowest BCUT2D eigenvalue weighted by Gasteiger charge is -2.25. The molecule has 0 amide bonds. The monoisotopic (exact) mass is 265 g/mol. The van der Waals surface area contributed by atoms with Gasteiger partial charge in [0.1, 0.15) is 0 Å². The van der Waals surface area contributed by atoms with E-state index in [0.29, 0.717) is 6.54 Å². The molecule has 20 heavy (non-hydrogen) atoms. The highest BCUT2D eigenvalue weighted by atomic mass is 15.5. The third-order valence-electron chi connectivity index (χ3n) is 3.76. The maximum absolute atomic E-state index is 5.80. The smallest absolute Gasteiger partial charge is 0.0828 e. The Morgan fingerprint density at radius 2 is 1.80 bits per heavy atom. The van der Waals surface area contributed by atoms with E-state index in [-0.39, 0.29) is 6.04 Å². The lowest BCUT2D eigenvalue weighted by molar-refractivity contribution is 0.706. The third-order valence-corrected chi connectivity index (χ3v) is 3.76. The predicted molar refractivity (Wildman–Crippen MR) is 83.9 cm³/mol. The summed E-state index contributed by atoms with van der Waals surface area (Å²) < 4.78 is 0. The highest BCUT2D eigenvalue weighted by Crippen LogP contribution is 2.36. The largest absolute Gasteiger partial charge is 0.325 e. The molecule has 0 bridgehead atoms. The predicted octanol–water partition coefficient (Wildman–Crippen LogP) is 3.26. The summed E-state index contributed by atoms with van der Waals surface area (Å²) in [5.41, 5.74) is 10.5. The van der Waals surface area contributed by atoms with Crippen molar-refractivity contribution in [1.82, 2.24) is 0 Å². The van der Waals surface area contributed by atoms with Gasteiger partial charge in [-0.05, 0) is 24.1 Å². The van der Waals surface area contributed by atoms with Gasteiger partial charge >= 0.3 is 0 Å². The number of hydrazone groups is 1. The van der Waals surface area contributed by atoms with Crippen molar-refractivity contribution in [3.8, 4) is 0 Å². The molecule has 0 radical (unpaired) electrons. The van der Waals surface area contributed by atoms with Crippen LogP contribution in [0.5, 0.6) is 0 Å². The maximum Gasteiger partial charge on any atom is 0.0828 e. The molecule has 0 spiro atoms. The average Bonchev–Trinajstić information content (AvgIpc) is 2.93. The van der Waals surface area contributed by atoms with E-state index < -0.39 is 0 Å².